The van der Waals surface area contributed by atoms with E-state index in [1.165, 1.54) is 54.1 Å². The van der Waals surface area contributed by atoms with Gasteiger partial charge in [-0.2, -0.15) is 0 Å². The Morgan fingerprint density at radius 2 is 1.73 bits per heavy atom. The van der Waals surface area contributed by atoms with Crippen molar-refractivity contribution in [2.24, 2.45) is 0 Å². The Bertz CT molecular complexity index is 915. The lowest BCUT2D eigenvalue weighted by Crippen LogP contribution is -2.41. The van der Waals surface area contributed by atoms with Gasteiger partial charge in [-0.05, 0) is 66.6 Å². The minimum atomic E-state index is -0.961. The molecule has 0 unspecified atom stereocenters. The van der Waals surface area contributed by atoms with E-state index in [-0.39, 0.29) is 0 Å². The Morgan fingerprint density at radius 1 is 1.00 bits per heavy atom. The number of amidine groups is 1. The summed E-state index contributed by atoms with van der Waals surface area (Å²) >= 11 is 1.88. The Morgan fingerprint density at radius 3 is 2.43 bits per heavy atom. The number of anilines is 1. The number of benzene rings is 2. The van der Waals surface area contributed by atoms with Crippen LogP contribution < -0.4 is 4.90 Å². The highest BCUT2D eigenvalue weighted by atomic mass is 32.2. The second kappa shape index (κ2) is 8.39. The highest BCUT2D eigenvalue weighted by Crippen LogP contribution is 2.39. The van der Waals surface area contributed by atoms with E-state index >= 15 is 0 Å². The molecule has 1 saturated carbocycles. The van der Waals surface area contributed by atoms with E-state index in [1.54, 1.807) is 0 Å². The molecule has 0 radical (unpaired) electrons. The monoisotopic (exact) mass is 421 g/mol. The standard InChI is InChI=1S/C26H33N2OS/c1-2-20-9-15-24(16-10-20)27-19-26(29,28-17-6-18-30-25(27)28)23-13-11-22(12-14-23)21-7-4-3-5-8-21/h9-16,21,29H,2-8,17-19H2,1H3/q+1/t26-/m1/s1. The molecule has 1 atom stereocenters. The average Bonchev–Trinajstić information content (AvgIpc) is 3.14. The molecule has 3 nitrogen and oxygen atoms in total. The van der Waals surface area contributed by atoms with E-state index < -0.39 is 5.72 Å². The van der Waals surface area contributed by atoms with Gasteiger partial charge in [0, 0.05) is 11.3 Å². The number of hydrogen-bond acceptors (Lipinski definition) is 3. The molecule has 3 aliphatic rings. The van der Waals surface area contributed by atoms with E-state index in [0.29, 0.717) is 12.5 Å². The van der Waals surface area contributed by atoms with Crippen LogP contribution in [0.4, 0.5) is 5.69 Å². The molecule has 2 aliphatic heterocycles. The Kier molecular flexibility index (Phi) is 5.63. The van der Waals surface area contributed by atoms with Crippen LogP contribution in [0.3, 0.4) is 0 Å². The summed E-state index contributed by atoms with van der Waals surface area (Å²) in [6.07, 6.45) is 8.87. The Labute approximate surface area is 184 Å². The molecule has 0 aromatic heterocycles. The van der Waals surface area contributed by atoms with Crippen LogP contribution in [-0.2, 0) is 12.1 Å². The minimum Gasteiger partial charge on any atom is -0.346 e. The van der Waals surface area contributed by atoms with E-state index in [2.05, 4.69) is 64.9 Å². The summed E-state index contributed by atoms with van der Waals surface area (Å²) in [4.78, 5) is 2.32. The van der Waals surface area contributed by atoms with Crippen LogP contribution in [0.25, 0.3) is 0 Å². The molecule has 0 spiro atoms. The summed E-state index contributed by atoms with van der Waals surface area (Å²) in [5, 5.41) is 13.1. The van der Waals surface area contributed by atoms with Crippen molar-refractivity contribution >= 4 is 22.6 Å². The van der Waals surface area contributed by atoms with Crippen molar-refractivity contribution in [3.05, 3.63) is 65.2 Å². The molecule has 1 aliphatic carbocycles. The lowest BCUT2D eigenvalue weighted by molar-refractivity contribution is -0.656. The summed E-state index contributed by atoms with van der Waals surface area (Å²) in [6, 6.07) is 17.8. The number of nitrogens with zero attached hydrogens (tertiary/aromatic N) is 2. The normalized spacial score (nSPS) is 24.9. The molecule has 2 aromatic carbocycles. The lowest BCUT2D eigenvalue weighted by atomic mass is 9.83. The second-order valence-electron chi connectivity index (χ2n) is 9.02. The van der Waals surface area contributed by atoms with Gasteiger partial charge in [0.05, 0.1) is 6.54 Å². The third kappa shape index (κ3) is 3.58. The van der Waals surface area contributed by atoms with Crippen molar-refractivity contribution in [1.29, 1.82) is 0 Å². The maximum Gasteiger partial charge on any atom is 0.316 e. The summed E-state index contributed by atoms with van der Waals surface area (Å²) in [6.45, 7) is 3.68. The number of aryl methyl sites for hydroxylation is 1. The van der Waals surface area contributed by atoms with Gasteiger partial charge in [0.1, 0.15) is 5.69 Å². The van der Waals surface area contributed by atoms with Gasteiger partial charge in [-0.25, -0.2) is 9.48 Å². The van der Waals surface area contributed by atoms with E-state index in [4.69, 9.17) is 0 Å². The molecular weight excluding hydrogens is 388 g/mol. The van der Waals surface area contributed by atoms with Crippen LogP contribution in [-0.4, -0.2) is 33.7 Å². The van der Waals surface area contributed by atoms with Gasteiger partial charge in [0.25, 0.3) is 5.72 Å². The van der Waals surface area contributed by atoms with Crippen LogP contribution in [0, 0.1) is 0 Å². The topological polar surface area (TPSA) is 26.5 Å². The van der Waals surface area contributed by atoms with E-state index in [1.807, 2.05) is 11.8 Å². The first kappa shape index (κ1) is 20.1. The number of thioether (sulfide) groups is 1. The fourth-order valence-electron chi connectivity index (χ4n) is 5.32. The number of hydrogen-bond donors (Lipinski definition) is 1. The van der Waals surface area contributed by atoms with Crippen LogP contribution >= 0.6 is 11.8 Å². The first-order chi connectivity index (χ1) is 14.7. The predicted octanol–water partition coefficient (Wildman–Crippen LogP) is 5.47. The maximum absolute atomic E-state index is 11.9. The molecule has 30 heavy (non-hydrogen) atoms. The van der Waals surface area contributed by atoms with Gasteiger partial charge in [0.2, 0.25) is 0 Å². The fraction of sp³-hybridized carbons (Fsp3) is 0.500. The smallest absolute Gasteiger partial charge is 0.316 e. The van der Waals surface area contributed by atoms with Crippen molar-refractivity contribution in [3.8, 4) is 0 Å². The SMILES string of the molecule is CCc1ccc(N2C[C@@](O)(c3ccc(C4CCCCC4)cc3)[N+]3=C2SCCC3)cc1. The summed E-state index contributed by atoms with van der Waals surface area (Å²) in [7, 11) is 0. The summed E-state index contributed by atoms with van der Waals surface area (Å²) in [5.74, 6) is 1.82. The minimum absolute atomic E-state index is 0.587. The zero-order valence-electron chi connectivity index (χ0n) is 18.0. The van der Waals surface area contributed by atoms with Crippen LogP contribution in [0.15, 0.2) is 48.5 Å². The fourth-order valence-corrected chi connectivity index (χ4v) is 6.50. The number of rotatable bonds is 4. The molecule has 1 fully saturated rings. The zero-order chi connectivity index (χ0) is 20.6. The molecule has 0 amide bonds. The zero-order valence-corrected chi connectivity index (χ0v) is 18.8. The first-order valence-corrected chi connectivity index (χ1v) is 12.6. The first-order valence-electron chi connectivity index (χ1n) is 11.7. The van der Waals surface area contributed by atoms with Gasteiger partial charge in [0.15, 0.2) is 6.54 Å². The molecule has 158 valence electrons. The third-order valence-corrected chi connectivity index (χ3v) is 8.34. The van der Waals surface area contributed by atoms with Gasteiger partial charge in [-0.3, -0.25) is 0 Å². The van der Waals surface area contributed by atoms with Gasteiger partial charge in [-0.15, -0.1) is 0 Å². The molecule has 2 heterocycles. The Balaban J connectivity index is 1.45. The molecule has 0 bridgehead atoms. The van der Waals surface area contributed by atoms with Crippen molar-refractivity contribution < 1.29 is 9.68 Å². The highest BCUT2D eigenvalue weighted by Gasteiger charge is 2.53. The van der Waals surface area contributed by atoms with Crippen molar-refractivity contribution in [2.75, 3.05) is 23.7 Å². The molecule has 1 N–H and O–H groups in total. The molecule has 2 aromatic rings. The van der Waals surface area contributed by atoms with E-state index in [9.17, 15) is 5.11 Å². The number of aliphatic hydroxyl groups is 1. The highest BCUT2D eigenvalue weighted by molar-refractivity contribution is 8.13. The van der Waals surface area contributed by atoms with Crippen molar-refractivity contribution in [3.63, 3.8) is 0 Å². The summed E-state index contributed by atoms with van der Waals surface area (Å²) < 4.78 is 2.24. The van der Waals surface area contributed by atoms with Crippen LogP contribution in [0.5, 0.6) is 0 Å². The molecule has 5 rings (SSSR count). The van der Waals surface area contributed by atoms with Crippen LogP contribution in [0.2, 0.25) is 0 Å². The van der Waals surface area contributed by atoms with Crippen molar-refractivity contribution in [1.82, 2.24) is 0 Å². The molecule has 0 saturated heterocycles. The second-order valence-corrected chi connectivity index (χ2v) is 10.1. The predicted molar refractivity (Wildman–Crippen MR) is 127 cm³/mol. The van der Waals surface area contributed by atoms with E-state index in [0.717, 1.165) is 30.7 Å². The van der Waals surface area contributed by atoms with Gasteiger partial charge in [-0.1, -0.05) is 62.6 Å². The molecule has 4 heteroatoms. The van der Waals surface area contributed by atoms with Gasteiger partial charge >= 0.3 is 5.17 Å². The number of β-amino-alcohol motifs (C(OH)–C–C–N with tert-alkyl or cyclic N) is 1. The van der Waals surface area contributed by atoms with Crippen LogP contribution in [0.1, 0.15) is 68.1 Å². The lowest BCUT2D eigenvalue weighted by Gasteiger charge is -2.26. The third-order valence-electron chi connectivity index (χ3n) is 7.15. The maximum atomic E-state index is 11.9. The van der Waals surface area contributed by atoms with Gasteiger partial charge < -0.3 is 5.11 Å². The average molecular weight is 422 g/mol. The molecular formula is C26H33N2OS+. The Hall–Kier alpha value is -1.78. The summed E-state index contributed by atoms with van der Waals surface area (Å²) in [5.41, 5.74) is 4.04. The van der Waals surface area contributed by atoms with Crippen molar-refractivity contribution in [2.45, 2.75) is 63.5 Å². The largest absolute Gasteiger partial charge is 0.346 e. The quantitative estimate of drug-likeness (QED) is 0.663.